The molecule has 1 aliphatic rings. The predicted octanol–water partition coefficient (Wildman–Crippen LogP) is 5.68. The third-order valence-corrected chi connectivity index (χ3v) is 5.53. The highest BCUT2D eigenvalue weighted by Gasteiger charge is 2.24. The Kier molecular flexibility index (Phi) is 5.14. The van der Waals surface area contributed by atoms with Crippen LogP contribution in [0.25, 0.3) is 10.9 Å². The van der Waals surface area contributed by atoms with Crippen molar-refractivity contribution < 1.29 is 9.18 Å². The fourth-order valence-corrected chi connectivity index (χ4v) is 4.02. The highest BCUT2D eigenvalue weighted by Crippen LogP contribution is 2.37. The molecule has 4 rings (SSSR count). The molecule has 1 heterocycles. The summed E-state index contributed by atoms with van der Waals surface area (Å²) in [7, 11) is 0. The van der Waals surface area contributed by atoms with E-state index in [0.29, 0.717) is 23.9 Å². The number of nitrogens with one attached hydrogen (secondary N) is 1. The number of nitrogens with zero attached hydrogens (tertiary/aromatic N) is 1. The minimum absolute atomic E-state index is 0.0115. The summed E-state index contributed by atoms with van der Waals surface area (Å²) in [6.45, 7) is 0. The number of rotatable bonds is 4. The number of para-hydroxylation sites is 1. The van der Waals surface area contributed by atoms with Crippen molar-refractivity contribution in [2.45, 2.75) is 38.0 Å². The van der Waals surface area contributed by atoms with Crippen molar-refractivity contribution in [2.75, 3.05) is 5.32 Å². The molecule has 2 aromatic carbocycles. The Morgan fingerprint density at radius 2 is 1.78 bits per heavy atom. The smallest absolute Gasteiger partial charge is 0.224 e. The Bertz CT molecular complexity index is 931. The molecule has 1 N–H and O–H groups in total. The third kappa shape index (κ3) is 4.33. The van der Waals surface area contributed by atoms with Crippen LogP contribution < -0.4 is 5.32 Å². The van der Waals surface area contributed by atoms with Crippen LogP contribution in [0.15, 0.2) is 60.8 Å². The highest BCUT2D eigenvalue weighted by atomic mass is 19.1. The van der Waals surface area contributed by atoms with E-state index in [9.17, 15) is 9.18 Å². The molecule has 0 saturated heterocycles. The predicted molar refractivity (Wildman–Crippen MR) is 106 cm³/mol. The SMILES string of the molecule is O=C(C[C@H]1CC[C@H](c2cnc3ccccc3c2)CC1)Nc1ccc(F)cc1. The first kappa shape index (κ1) is 17.7. The van der Waals surface area contributed by atoms with Gasteiger partial charge in [0.2, 0.25) is 5.91 Å². The number of carbonyl (C=O) groups excluding carboxylic acids is 1. The summed E-state index contributed by atoms with van der Waals surface area (Å²) < 4.78 is 12.9. The van der Waals surface area contributed by atoms with Crippen molar-refractivity contribution in [3.05, 3.63) is 72.2 Å². The van der Waals surface area contributed by atoms with E-state index < -0.39 is 0 Å². The van der Waals surface area contributed by atoms with Gasteiger partial charge in [-0.15, -0.1) is 0 Å². The van der Waals surface area contributed by atoms with Gasteiger partial charge < -0.3 is 5.32 Å². The number of hydrogen-bond donors (Lipinski definition) is 1. The third-order valence-electron chi connectivity index (χ3n) is 5.53. The van der Waals surface area contributed by atoms with Gasteiger partial charge in [0.25, 0.3) is 0 Å². The van der Waals surface area contributed by atoms with Crippen molar-refractivity contribution in [3.8, 4) is 0 Å². The molecule has 1 aliphatic carbocycles. The van der Waals surface area contributed by atoms with Gasteiger partial charge in [0.05, 0.1) is 5.52 Å². The number of anilines is 1. The van der Waals surface area contributed by atoms with Gasteiger partial charge in [0.1, 0.15) is 5.82 Å². The first-order chi connectivity index (χ1) is 13.2. The molecule has 1 amide bonds. The molecule has 0 atom stereocenters. The molecule has 1 saturated carbocycles. The van der Waals surface area contributed by atoms with Crippen LogP contribution in [-0.2, 0) is 4.79 Å². The van der Waals surface area contributed by atoms with E-state index in [-0.39, 0.29) is 11.7 Å². The Labute approximate surface area is 158 Å². The molecule has 3 nitrogen and oxygen atoms in total. The van der Waals surface area contributed by atoms with Crippen LogP contribution in [0.5, 0.6) is 0 Å². The largest absolute Gasteiger partial charge is 0.326 e. The second-order valence-corrected chi connectivity index (χ2v) is 7.44. The lowest BCUT2D eigenvalue weighted by atomic mass is 9.77. The van der Waals surface area contributed by atoms with Gasteiger partial charge in [-0.1, -0.05) is 18.2 Å². The topological polar surface area (TPSA) is 42.0 Å². The molecule has 3 aromatic rings. The molecule has 138 valence electrons. The molecule has 27 heavy (non-hydrogen) atoms. The van der Waals surface area contributed by atoms with E-state index in [1.807, 2.05) is 24.4 Å². The number of hydrogen-bond acceptors (Lipinski definition) is 2. The first-order valence-corrected chi connectivity index (χ1v) is 9.57. The van der Waals surface area contributed by atoms with Crippen LogP contribution in [0, 0.1) is 11.7 Å². The van der Waals surface area contributed by atoms with Crippen molar-refractivity contribution in [1.29, 1.82) is 0 Å². The van der Waals surface area contributed by atoms with Gasteiger partial charge in [0.15, 0.2) is 0 Å². The van der Waals surface area contributed by atoms with Crippen molar-refractivity contribution in [1.82, 2.24) is 4.98 Å². The van der Waals surface area contributed by atoms with E-state index in [1.54, 1.807) is 12.1 Å². The standard InChI is InChI=1S/C23H23FN2O/c24-20-9-11-21(12-10-20)26-23(27)13-16-5-7-17(8-6-16)19-14-18-3-1-2-4-22(18)25-15-19/h1-4,9-12,14-17H,5-8,13H2,(H,26,27)/t16-,17-. The molecular formula is C23H23FN2O. The van der Waals surface area contributed by atoms with Crippen molar-refractivity contribution >= 4 is 22.5 Å². The van der Waals surface area contributed by atoms with Crippen molar-refractivity contribution in [2.24, 2.45) is 5.92 Å². The summed E-state index contributed by atoms with van der Waals surface area (Å²) in [5.74, 6) is 0.653. The number of fused-ring (bicyclic) bond motifs is 1. The summed E-state index contributed by atoms with van der Waals surface area (Å²) in [6.07, 6.45) is 6.82. The Morgan fingerprint density at radius 3 is 2.56 bits per heavy atom. The van der Waals surface area contributed by atoms with E-state index >= 15 is 0 Å². The van der Waals surface area contributed by atoms with Crippen LogP contribution in [0.3, 0.4) is 0 Å². The molecule has 0 bridgehead atoms. The van der Waals surface area contributed by atoms with Crippen LogP contribution in [0.4, 0.5) is 10.1 Å². The van der Waals surface area contributed by atoms with Crippen LogP contribution in [-0.4, -0.2) is 10.9 Å². The molecule has 0 aliphatic heterocycles. The minimum atomic E-state index is -0.297. The van der Waals surface area contributed by atoms with Gasteiger partial charge in [0, 0.05) is 23.7 Å². The van der Waals surface area contributed by atoms with Gasteiger partial charge in [-0.3, -0.25) is 9.78 Å². The Hall–Kier alpha value is -2.75. The number of amides is 1. The normalized spacial score (nSPS) is 19.7. The van der Waals surface area contributed by atoms with Gasteiger partial charge in [-0.2, -0.15) is 0 Å². The van der Waals surface area contributed by atoms with E-state index in [1.165, 1.54) is 23.1 Å². The van der Waals surface area contributed by atoms with E-state index in [2.05, 4.69) is 22.4 Å². The van der Waals surface area contributed by atoms with E-state index in [0.717, 1.165) is 31.2 Å². The van der Waals surface area contributed by atoms with Gasteiger partial charge >= 0.3 is 0 Å². The zero-order chi connectivity index (χ0) is 18.6. The summed E-state index contributed by atoms with van der Waals surface area (Å²) in [4.78, 5) is 16.8. The highest BCUT2D eigenvalue weighted by molar-refractivity contribution is 5.90. The van der Waals surface area contributed by atoms with Crippen LogP contribution in [0.2, 0.25) is 0 Å². The number of benzene rings is 2. The summed E-state index contributed by atoms with van der Waals surface area (Å²) >= 11 is 0. The molecule has 0 unspecified atom stereocenters. The minimum Gasteiger partial charge on any atom is -0.326 e. The Morgan fingerprint density at radius 1 is 1.04 bits per heavy atom. The first-order valence-electron chi connectivity index (χ1n) is 9.57. The average Bonchev–Trinajstić information content (AvgIpc) is 2.70. The molecule has 1 aromatic heterocycles. The average molecular weight is 362 g/mol. The number of carbonyl (C=O) groups is 1. The second kappa shape index (κ2) is 7.87. The number of halogens is 1. The Balaban J connectivity index is 1.31. The monoisotopic (exact) mass is 362 g/mol. The zero-order valence-electron chi connectivity index (χ0n) is 15.2. The lowest BCUT2D eigenvalue weighted by Crippen LogP contribution is -2.20. The molecule has 4 heteroatoms. The fraction of sp³-hybridized carbons (Fsp3) is 0.304. The molecular weight excluding hydrogens is 339 g/mol. The van der Waals surface area contributed by atoms with Crippen LogP contribution >= 0.6 is 0 Å². The molecule has 0 spiro atoms. The lowest BCUT2D eigenvalue weighted by molar-refractivity contribution is -0.117. The number of pyridine rings is 1. The fourth-order valence-electron chi connectivity index (χ4n) is 4.02. The summed E-state index contributed by atoms with van der Waals surface area (Å²) in [5, 5.41) is 4.05. The van der Waals surface area contributed by atoms with Crippen molar-refractivity contribution in [3.63, 3.8) is 0 Å². The molecule has 0 radical (unpaired) electrons. The van der Waals surface area contributed by atoms with E-state index in [4.69, 9.17) is 0 Å². The molecule has 1 fully saturated rings. The zero-order valence-corrected chi connectivity index (χ0v) is 15.2. The maximum atomic E-state index is 12.9. The summed E-state index contributed by atoms with van der Waals surface area (Å²) in [5.41, 5.74) is 2.99. The second-order valence-electron chi connectivity index (χ2n) is 7.44. The summed E-state index contributed by atoms with van der Waals surface area (Å²) in [6, 6.07) is 16.4. The van der Waals surface area contributed by atoms with Crippen LogP contribution in [0.1, 0.15) is 43.6 Å². The number of aromatic nitrogens is 1. The maximum absolute atomic E-state index is 12.9. The quantitative estimate of drug-likeness (QED) is 0.649. The van der Waals surface area contributed by atoms with Gasteiger partial charge in [-0.25, -0.2) is 4.39 Å². The van der Waals surface area contributed by atoms with Gasteiger partial charge in [-0.05, 0) is 79.5 Å². The maximum Gasteiger partial charge on any atom is 0.224 e. The lowest BCUT2D eigenvalue weighted by Gasteiger charge is -2.28.